The molecule has 2 N–H and O–H groups in total. The SMILES string of the molecule is Nc1ccc(-c2nc3c(F)cccc3n2C2CC2)cc1Cl. The molecule has 4 rings (SSSR count). The maximum Gasteiger partial charge on any atom is 0.151 e. The first-order valence-corrected chi connectivity index (χ1v) is 7.25. The third-order valence-corrected chi connectivity index (χ3v) is 4.17. The third-order valence-electron chi connectivity index (χ3n) is 3.84. The molecule has 3 aromatic rings. The van der Waals surface area contributed by atoms with Gasteiger partial charge in [0, 0.05) is 11.6 Å². The van der Waals surface area contributed by atoms with Gasteiger partial charge in [-0.15, -0.1) is 0 Å². The van der Waals surface area contributed by atoms with Crippen molar-refractivity contribution in [1.29, 1.82) is 0 Å². The minimum atomic E-state index is -0.297. The van der Waals surface area contributed by atoms with Crippen LogP contribution in [0, 0.1) is 5.82 Å². The van der Waals surface area contributed by atoms with Gasteiger partial charge in [0.1, 0.15) is 11.3 Å². The maximum absolute atomic E-state index is 14.0. The van der Waals surface area contributed by atoms with Gasteiger partial charge in [-0.2, -0.15) is 0 Å². The molecule has 1 heterocycles. The molecule has 2 aromatic carbocycles. The minimum Gasteiger partial charge on any atom is -0.398 e. The van der Waals surface area contributed by atoms with Gasteiger partial charge < -0.3 is 10.3 Å². The molecule has 0 bridgehead atoms. The van der Waals surface area contributed by atoms with Crippen LogP contribution in [-0.4, -0.2) is 9.55 Å². The standard InChI is InChI=1S/C16H13ClFN3/c17-11-8-9(4-7-13(11)19)16-20-15-12(18)2-1-3-14(15)21(16)10-5-6-10/h1-4,7-8,10H,5-6,19H2. The van der Waals surface area contributed by atoms with Crippen molar-refractivity contribution in [2.24, 2.45) is 0 Å². The Kier molecular flexibility index (Phi) is 2.69. The Hall–Kier alpha value is -2.07. The van der Waals surface area contributed by atoms with E-state index in [1.54, 1.807) is 18.2 Å². The van der Waals surface area contributed by atoms with E-state index < -0.39 is 0 Å². The summed E-state index contributed by atoms with van der Waals surface area (Å²) in [4.78, 5) is 4.50. The highest BCUT2D eigenvalue weighted by atomic mass is 35.5. The summed E-state index contributed by atoms with van der Waals surface area (Å²) in [5.41, 5.74) is 8.39. The van der Waals surface area contributed by atoms with E-state index in [0.29, 0.717) is 22.3 Å². The molecule has 5 heteroatoms. The van der Waals surface area contributed by atoms with Gasteiger partial charge in [-0.25, -0.2) is 9.37 Å². The van der Waals surface area contributed by atoms with Gasteiger partial charge in [0.05, 0.1) is 16.2 Å². The summed E-state index contributed by atoms with van der Waals surface area (Å²) in [5, 5.41) is 0.488. The summed E-state index contributed by atoms with van der Waals surface area (Å²) in [6.45, 7) is 0. The summed E-state index contributed by atoms with van der Waals surface area (Å²) in [6, 6.07) is 10.9. The number of fused-ring (bicyclic) bond motifs is 1. The fourth-order valence-corrected chi connectivity index (χ4v) is 2.84. The molecule has 3 nitrogen and oxygen atoms in total. The number of halogens is 2. The van der Waals surface area contributed by atoms with Crippen LogP contribution in [0.3, 0.4) is 0 Å². The quantitative estimate of drug-likeness (QED) is 0.712. The van der Waals surface area contributed by atoms with Crippen molar-refractivity contribution in [2.45, 2.75) is 18.9 Å². The zero-order chi connectivity index (χ0) is 14.6. The number of benzene rings is 2. The second-order valence-electron chi connectivity index (χ2n) is 5.38. The van der Waals surface area contributed by atoms with Crippen molar-refractivity contribution >= 4 is 28.3 Å². The van der Waals surface area contributed by atoms with Crippen LogP contribution in [0.5, 0.6) is 0 Å². The van der Waals surface area contributed by atoms with Crippen LogP contribution in [0.4, 0.5) is 10.1 Å². The van der Waals surface area contributed by atoms with E-state index in [2.05, 4.69) is 9.55 Å². The van der Waals surface area contributed by atoms with Crippen molar-refractivity contribution in [3.05, 3.63) is 47.2 Å². The number of nitrogen functional groups attached to an aromatic ring is 1. The number of hydrogen-bond acceptors (Lipinski definition) is 2. The molecule has 1 aromatic heterocycles. The average molecular weight is 302 g/mol. The van der Waals surface area contributed by atoms with Crippen LogP contribution in [0.2, 0.25) is 5.02 Å². The molecule has 0 unspecified atom stereocenters. The second-order valence-corrected chi connectivity index (χ2v) is 5.79. The van der Waals surface area contributed by atoms with E-state index >= 15 is 0 Å². The van der Waals surface area contributed by atoms with Crippen LogP contribution in [0.1, 0.15) is 18.9 Å². The molecule has 0 radical (unpaired) electrons. The zero-order valence-corrected chi connectivity index (χ0v) is 11.9. The summed E-state index contributed by atoms with van der Waals surface area (Å²) >= 11 is 6.11. The van der Waals surface area contributed by atoms with Gasteiger partial charge in [-0.05, 0) is 43.2 Å². The van der Waals surface area contributed by atoms with Gasteiger partial charge in [0.2, 0.25) is 0 Å². The number of anilines is 1. The fourth-order valence-electron chi connectivity index (χ4n) is 2.66. The highest BCUT2D eigenvalue weighted by Crippen LogP contribution is 2.42. The van der Waals surface area contributed by atoms with Crippen LogP contribution < -0.4 is 5.73 Å². The number of aromatic nitrogens is 2. The number of nitrogens with zero attached hydrogens (tertiary/aromatic N) is 2. The number of rotatable bonds is 2. The lowest BCUT2D eigenvalue weighted by molar-refractivity contribution is 0.637. The lowest BCUT2D eigenvalue weighted by Gasteiger charge is -2.08. The van der Waals surface area contributed by atoms with Crippen molar-refractivity contribution in [2.75, 3.05) is 5.73 Å². The first kappa shape index (κ1) is 12.7. The lowest BCUT2D eigenvalue weighted by Crippen LogP contribution is -1.98. The normalized spacial score (nSPS) is 14.8. The molecular formula is C16H13ClFN3. The molecule has 106 valence electrons. The fraction of sp³-hybridized carbons (Fsp3) is 0.188. The van der Waals surface area contributed by atoms with Crippen LogP contribution in [0.15, 0.2) is 36.4 Å². The number of hydrogen-bond donors (Lipinski definition) is 1. The maximum atomic E-state index is 14.0. The molecule has 0 amide bonds. The average Bonchev–Trinajstić information content (AvgIpc) is 3.22. The van der Waals surface area contributed by atoms with E-state index in [-0.39, 0.29) is 5.82 Å². The highest BCUT2D eigenvalue weighted by molar-refractivity contribution is 6.33. The van der Waals surface area contributed by atoms with Crippen molar-refractivity contribution in [3.63, 3.8) is 0 Å². The number of imidazole rings is 1. The number of nitrogens with two attached hydrogens (primary N) is 1. The molecule has 1 saturated carbocycles. The van der Waals surface area contributed by atoms with Gasteiger partial charge in [-0.1, -0.05) is 17.7 Å². The van der Waals surface area contributed by atoms with Crippen LogP contribution in [-0.2, 0) is 0 Å². The van der Waals surface area contributed by atoms with Gasteiger partial charge in [0.25, 0.3) is 0 Å². The van der Waals surface area contributed by atoms with Gasteiger partial charge in [0.15, 0.2) is 5.82 Å². The first-order chi connectivity index (χ1) is 10.1. The van der Waals surface area contributed by atoms with E-state index in [1.807, 2.05) is 12.1 Å². The lowest BCUT2D eigenvalue weighted by atomic mass is 10.2. The molecule has 21 heavy (non-hydrogen) atoms. The van der Waals surface area contributed by atoms with E-state index in [0.717, 1.165) is 29.7 Å². The van der Waals surface area contributed by atoms with Crippen LogP contribution >= 0.6 is 11.6 Å². The zero-order valence-electron chi connectivity index (χ0n) is 11.2. The topological polar surface area (TPSA) is 43.8 Å². The summed E-state index contributed by atoms with van der Waals surface area (Å²) in [5.74, 6) is 0.453. The number of para-hydroxylation sites is 1. The molecule has 0 spiro atoms. The molecule has 1 fully saturated rings. The predicted molar refractivity (Wildman–Crippen MR) is 82.8 cm³/mol. The second kappa shape index (κ2) is 4.46. The molecule has 0 atom stereocenters. The van der Waals surface area contributed by atoms with Crippen molar-refractivity contribution in [3.8, 4) is 11.4 Å². The van der Waals surface area contributed by atoms with Gasteiger partial charge in [-0.3, -0.25) is 0 Å². The van der Waals surface area contributed by atoms with Crippen molar-refractivity contribution in [1.82, 2.24) is 9.55 Å². The Labute approximate surface area is 126 Å². The highest BCUT2D eigenvalue weighted by Gasteiger charge is 2.29. The Balaban J connectivity index is 2.01. The van der Waals surface area contributed by atoms with Crippen LogP contribution in [0.25, 0.3) is 22.4 Å². The first-order valence-electron chi connectivity index (χ1n) is 6.87. The third kappa shape index (κ3) is 1.98. The van der Waals surface area contributed by atoms with E-state index in [4.69, 9.17) is 17.3 Å². The molecule has 0 aliphatic heterocycles. The molecule has 1 aliphatic rings. The summed E-state index contributed by atoms with van der Waals surface area (Å²) in [7, 11) is 0. The van der Waals surface area contributed by atoms with Crippen molar-refractivity contribution < 1.29 is 4.39 Å². The monoisotopic (exact) mass is 301 g/mol. The largest absolute Gasteiger partial charge is 0.398 e. The summed E-state index contributed by atoms with van der Waals surface area (Å²) in [6.07, 6.45) is 2.19. The Morgan fingerprint density at radius 1 is 1.24 bits per heavy atom. The Morgan fingerprint density at radius 3 is 2.76 bits per heavy atom. The molecule has 0 saturated heterocycles. The minimum absolute atomic E-state index is 0.297. The molecular weight excluding hydrogens is 289 g/mol. The van der Waals surface area contributed by atoms with E-state index in [1.165, 1.54) is 6.07 Å². The summed E-state index contributed by atoms with van der Waals surface area (Å²) < 4.78 is 16.1. The van der Waals surface area contributed by atoms with Gasteiger partial charge >= 0.3 is 0 Å². The predicted octanol–water partition coefficient (Wildman–Crippen LogP) is 4.41. The van der Waals surface area contributed by atoms with E-state index in [9.17, 15) is 4.39 Å². The molecule has 1 aliphatic carbocycles. The Bertz CT molecular complexity index is 852. The Morgan fingerprint density at radius 2 is 2.05 bits per heavy atom. The smallest absolute Gasteiger partial charge is 0.151 e.